The minimum Gasteiger partial charge on any atom is -0.269 e. The molecule has 0 saturated carbocycles. The van der Waals surface area contributed by atoms with E-state index in [1.807, 2.05) is 24.0 Å². The molecule has 0 radical (unpaired) electrons. The second kappa shape index (κ2) is 3.91. The van der Waals surface area contributed by atoms with Crippen LogP contribution in [0.2, 0.25) is 0 Å². The van der Waals surface area contributed by atoms with Crippen LogP contribution in [0.15, 0.2) is 12.4 Å². The van der Waals surface area contributed by atoms with E-state index in [0.717, 1.165) is 6.42 Å². The van der Waals surface area contributed by atoms with Crippen LogP contribution in [0.1, 0.15) is 31.9 Å². The lowest BCUT2D eigenvalue weighted by Gasteiger charge is -2.05. The second-order valence-corrected chi connectivity index (χ2v) is 2.89. The smallest absolute Gasteiger partial charge is 0.0644 e. The number of rotatable bonds is 3. The largest absolute Gasteiger partial charge is 0.269 e. The number of aromatic nitrogens is 2. The predicted octanol–water partition coefficient (Wildman–Crippen LogP) is 1.92. The standard InChI is InChI=1S/C9H13N3/c1-3-9-6-11-12(7-9)8(2)4-5-10/h6-8H,3-4H2,1-2H3. The van der Waals surface area contributed by atoms with Gasteiger partial charge in [-0.3, -0.25) is 4.68 Å². The average molecular weight is 163 g/mol. The average Bonchev–Trinajstić information content (AvgIpc) is 2.52. The Morgan fingerprint density at radius 3 is 3.00 bits per heavy atom. The minimum absolute atomic E-state index is 0.190. The van der Waals surface area contributed by atoms with Gasteiger partial charge in [0.05, 0.1) is 24.7 Å². The van der Waals surface area contributed by atoms with Crippen molar-refractivity contribution in [3.8, 4) is 6.07 Å². The quantitative estimate of drug-likeness (QED) is 0.683. The summed E-state index contributed by atoms with van der Waals surface area (Å²) in [6.07, 6.45) is 5.37. The van der Waals surface area contributed by atoms with Gasteiger partial charge in [-0.25, -0.2) is 0 Å². The van der Waals surface area contributed by atoms with Crippen molar-refractivity contribution in [2.45, 2.75) is 32.7 Å². The van der Waals surface area contributed by atoms with E-state index < -0.39 is 0 Å². The molecule has 0 bridgehead atoms. The number of aryl methyl sites for hydroxylation is 1. The zero-order chi connectivity index (χ0) is 8.97. The summed E-state index contributed by atoms with van der Waals surface area (Å²) in [5, 5.41) is 12.6. The van der Waals surface area contributed by atoms with Crippen molar-refractivity contribution in [1.29, 1.82) is 5.26 Å². The van der Waals surface area contributed by atoms with Crippen LogP contribution in [0, 0.1) is 11.3 Å². The van der Waals surface area contributed by atoms with Crippen molar-refractivity contribution in [2.75, 3.05) is 0 Å². The van der Waals surface area contributed by atoms with Crippen LogP contribution in [0.5, 0.6) is 0 Å². The lowest BCUT2D eigenvalue weighted by atomic mass is 10.2. The molecular weight excluding hydrogens is 150 g/mol. The molecule has 3 heteroatoms. The van der Waals surface area contributed by atoms with Crippen LogP contribution in [0.25, 0.3) is 0 Å². The molecule has 64 valence electrons. The first-order chi connectivity index (χ1) is 5.77. The summed E-state index contributed by atoms with van der Waals surface area (Å²) < 4.78 is 1.85. The van der Waals surface area contributed by atoms with Crippen molar-refractivity contribution in [2.24, 2.45) is 0 Å². The zero-order valence-electron chi connectivity index (χ0n) is 7.49. The highest BCUT2D eigenvalue weighted by Gasteiger charge is 2.04. The van der Waals surface area contributed by atoms with Crippen LogP contribution < -0.4 is 0 Å². The third-order valence-electron chi connectivity index (χ3n) is 1.90. The van der Waals surface area contributed by atoms with Gasteiger partial charge in [0, 0.05) is 6.20 Å². The number of nitriles is 1. The Morgan fingerprint density at radius 2 is 2.50 bits per heavy atom. The fourth-order valence-corrected chi connectivity index (χ4v) is 1.03. The minimum atomic E-state index is 0.190. The summed E-state index contributed by atoms with van der Waals surface area (Å²) in [6.45, 7) is 4.09. The molecule has 1 heterocycles. The van der Waals surface area contributed by atoms with Crippen molar-refractivity contribution in [3.05, 3.63) is 18.0 Å². The van der Waals surface area contributed by atoms with E-state index in [4.69, 9.17) is 5.26 Å². The summed E-state index contributed by atoms with van der Waals surface area (Å²) in [7, 11) is 0. The zero-order valence-corrected chi connectivity index (χ0v) is 7.49. The lowest BCUT2D eigenvalue weighted by molar-refractivity contribution is 0.500. The molecule has 1 unspecified atom stereocenters. The predicted molar refractivity (Wildman–Crippen MR) is 46.5 cm³/mol. The van der Waals surface area contributed by atoms with E-state index in [0.29, 0.717) is 6.42 Å². The number of nitrogens with zero attached hydrogens (tertiary/aromatic N) is 3. The molecule has 3 nitrogen and oxygen atoms in total. The highest BCUT2D eigenvalue weighted by Crippen LogP contribution is 2.09. The van der Waals surface area contributed by atoms with Crippen LogP contribution in [0.3, 0.4) is 0 Å². The fraction of sp³-hybridized carbons (Fsp3) is 0.556. The summed E-state index contributed by atoms with van der Waals surface area (Å²) in [5.74, 6) is 0. The Morgan fingerprint density at radius 1 is 1.75 bits per heavy atom. The first-order valence-electron chi connectivity index (χ1n) is 4.18. The molecule has 0 aliphatic rings. The fourth-order valence-electron chi connectivity index (χ4n) is 1.03. The topological polar surface area (TPSA) is 41.6 Å². The molecule has 0 spiro atoms. The Kier molecular flexibility index (Phi) is 2.87. The van der Waals surface area contributed by atoms with E-state index >= 15 is 0 Å². The Hall–Kier alpha value is -1.30. The summed E-state index contributed by atoms with van der Waals surface area (Å²) in [4.78, 5) is 0. The molecule has 0 saturated heterocycles. The Bertz CT molecular complexity index is 282. The maximum atomic E-state index is 8.47. The summed E-state index contributed by atoms with van der Waals surface area (Å²) in [5.41, 5.74) is 1.22. The maximum absolute atomic E-state index is 8.47. The highest BCUT2D eigenvalue weighted by molar-refractivity contribution is 5.03. The first kappa shape index (κ1) is 8.79. The molecule has 1 rings (SSSR count). The highest BCUT2D eigenvalue weighted by atomic mass is 15.3. The molecule has 0 aromatic carbocycles. The van der Waals surface area contributed by atoms with Crippen molar-refractivity contribution < 1.29 is 0 Å². The van der Waals surface area contributed by atoms with Gasteiger partial charge in [-0.05, 0) is 18.9 Å². The van der Waals surface area contributed by atoms with Gasteiger partial charge in [0.25, 0.3) is 0 Å². The molecule has 0 fully saturated rings. The van der Waals surface area contributed by atoms with E-state index in [2.05, 4.69) is 18.1 Å². The number of hydrogen-bond acceptors (Lipinski definition) is 2. The molecule has 0 aliphatic carbocycles. The van der Waals surface area contributed by atoms with Crippen LogP contribution >= 0.6 is 0 Å². The van der Waals surface area contributed by atoms with Gasteiger partial charge < -0.3 is 0 Å². The monoisotopic (exact) mass is 163 g/mol. The van der Waals surface area contributed by atoms with Gasteiger partial charge in [-0.1, -0.05) is 6.92 Å². The van der Waals surface area contributed by atoms with Gasteiger partial charge in [0.2, 0.25) is 0 Å². The second-order valence-electron chi connectivity index (χ2n) is 2.89. The molecule has 0 amide bonds. The first-order valence-corrected chi connectivity index (χ1v) is 4.18. The molecule has 0 N–H and O–H groups in total. The van der Waals surface area contributed by atoms with Gasteiger partial charge >= 0.3 is 0 Å². The van der Waals surface area contributed by atoms with E-state index in [1.165, 1.54) is 5.56 Å². The molecule has 1 atom stereocenters. The van der Waals surface area contributed by atoms with Gasteiger partial charge in [0.15, 0.2) is 0 Å². The Labute approximate surface area is 72.6 Å². The van der Waals surface area contributed by atoms with E-state index in [1.54, 1.807) is 0 Å². The van der Waals surface area contributed by atoms with E-state index in [9.17, 15) is 0 Å². The van der Waals surface area contributed by atoms with Crippen LogP contribution in [-0.4, -0.2) is 9.78 Å². The third-order valence-corrected chi connectivity index (χ3v) is 1.90. The van der Waals surface area contributed by atoms with E-state index in [-0.39, 0.29) is 6.04 Å². The number of hydrogen-bond donors (Lipinski definition) is 0. The van der Waals surface area contributed by atoms with Crippen molar-refractivity contribution >= 4 is 0 Å². The SMILES string of the molecule is CCc1cnn(C(C)CC#N)c1. The molecule has 12 heavy (non-hydrogen) atoms. The summed E-state index contributed by atoms with van der Waals surface area (Å²) >= 11 is 0. The third kappa shape index (κ3) is 1.85. The molecule has 1 aromatic heterocycles. The van der Waals surface area contributed by atoms with Gasteiger partial charge in [0.1, 0.15) is 0 Å². The summed E-state index contributed by atoms with van der Waals surface area (Å²) in [6, 6.07) is 2.32. The maximum Gasteiger partial charge on any atom is 0.0644 e. The molecule has 1 aromatic rings. The normalized spacial score (nSPS) is 12.4. The van der Waals surface area contributed by atoms with Crippen molar-refractivity contribution in [3.63, 3.8) is 0 Å². The molecular formula is C9H13N3. The van der Waals surface area contributed by atoms with Gasteiger partial charge in [-0.15, -0.1) is 0 Å². The lowest BCUT2D eigenvalue weighted by Crippen LogP contribution is -2.04. The Balaban J connectivity index is 2.69. The van der Waals surface area contributed by atoms with Gasteiger partial charge in [-0.2, -0.15) is 10.4 Å². The van der Waals surface area contributed by atoms with Crippen molar-refractivity contribution in [1.82, 2.24) is 9.78 Å². The van der Waals surface area contributed by atoms with Crippen LogP contribution in [-0.2, 0) is 6.42 Å². The van der Waals surface area contributed by atoms with Crippen LogP contribution in [0.4, 0.5) is 0 Å². The molecule has 0 aliphatic heterocycles.